The highest BCUT2D eigenvalue weighted by Gasteiger charge is 2.16. The van der Waals surface area contributed by atoms with E-state index in [4.69, 9.17) is 11.6 Å². The van der Waals surface area contributed by atoms with Gasteiger partial charge in [0.25, 0.3) is 5.91 Å². The molecule has 3 aromatic rings. The molecule has 0 spiro atoms. The number of aliphatic carboxylic acids is 1. The van der Waals surface area contributed by atoms with Crippen molar-refractivity contribution < 1.29 is 19.5 Å². The van der Waals surface area contributed by atoms with Gasteiger partial charge < -0.3 is 25.5 Å². The van der Waals surface area contributed by atoms with Crippen LogP contribution in [0.4, 0.5) is 0 Å². The molecule has 2 aromatic carbocycles. The topological polar surface area (TPSA) is 114 Å². The van der Waals surface area contributed by atoms with Gasteiger partial charge >= 0.3 is 0 Å². The molecule has 3 rings (SSSR count). The van der Waals surface area contributed by atoms with Crippen LogP contribution >= 0.6 is 11.6 Å². The number of benzene rings is 2. The molecule has 0 radical (unpaired) electrons. The molecule has 1 heterocycles. The number of carbonyl (C=O) groups is 3. The van der Waals surface area contributed by atoms with E-state index in [0.29, 0.717) is 10.6 Å². The number of para-hydroxylation sites is 1. The molecule has 0 bridgehead atoms. The van der Waals surface area contributed by atoms with E-state index in [1.54, 1.807) is 30.5 Å². The summed E-state index contributed by atoms with van der Waals surface area (Å²) in [6.45, 7) is 0.0696. The van der Waals surface area contributed by atoms with E-state index in [9.17, 15) is 19.5 Å². The highest BCUT2D eigenvalue weighted by molar-refractivity contribution is 6.30. The van der Waals surface area contributed by atoms with Crippen molar-refractivity contribution in [1.82, 2.24) is 15.6 Å². The summed E-state index contributed by atoms with van der Waals surface area (Å²) in [4.78, 5) is 38.7. The van der Waals surface area contributed by atoms with Gasteiger partial charge in [-0.05, 0) is 35.9 Å². The Morgan fingerprint density at radius 2 is 1.79 bits per heavy atom. The van der Waals surface area contributed by atoms with E-state index in [1.807, 2.05) is 24.3 Å². The van der Waals surface area contributed by atoms with Gasteiger partial charge in [-0.25, -0.2) is 0 Å². The Bertz CT molecular complexity index is 1030. The number of halogens is 1. The average molecular weight is 413 g/mol. The molecule has 2 amide bonds. The summed E-state index contributed by atoms with van der Waals surface area (Å²) in [6, 6.07) is 12.7. The summed E-state index contributed by atoms with van der Waals surface area (Å²) in [6.07, 6.45) is 1.76. The van der Waals surface area contributed by atoms with E-state index in [0.717, 1.165) is 16.5 Å². The van der Waals surface area contributed by atoms with Crippen LogP contribution in [0.5, 0.6) is 0 Å². The average Bonchev–Trinajstić information content (AvgIpc) is 3.11. The van der Waals surface area contributed by atoms with Crippen LogP contribution in [0.25, 0.3) is 10.9 Å². The quantitative estimate of drug-likeness (QED) is 0.519. The molecule has 0 aliphatic heterocycles. The molecule has 0 saturated heterocycles. The zero-order valence-electron chi connectivity index (χ0n) is 15.4. The number of hydrogen-bond acceptors (Lipinski definition) is 4. The molecule has 7 nitrogen and oxygen atoms in total. The first-order valence-electron chi connectivity index (χ1n) is 9.03. The standard InChI is InChI=1S/C21H20ClN3O4/c22-15-7-5-13(6-8-15)20(27)23-10-9-19(26)25-18(21(28)29)11-14-12-24-17-4-2-1-3-16(14)17/h1-8,12,18,24H,9-11H2,(H,23,27)(H,25,26)(H,28,29)/p-1/t18-/m0/s1. The van der Waals surface area contributed by atoms with Crippen molar-refractivity contribution in [2.24, 2.45) is 0 Å². The Labute approximate surface area is 172 Å². The van der Waals surface area contributed by atoms with Gasteiger partial charge in [-0.2, -0.15) is 0 Å². The smallest absolute Gasteiger partial charge is 0.251 e. The molecule has 150 valence electrons. The van der Waals surface area contributed by atoms with Crippen LogP contribution in [0.1, 0.15) is 22.3 Å². The van der Waals surface area contributed by atoms with E-state index in [1.165, 1.54) is 0 Å². The van der Waals surface area contributed by atoms with Crippen molar-refractivity contribution in [2.75, 3.05) is 6.54 Å². The first-order chi connectivity index (χ1) is 13.9. The van der Waals surface area contributed by atoms with Crippen LogP contribution in [0.15, 0.2) is 54.7 Å². The van der Waals surface area contributed by atoms with E-state index >= 15 is 0 Å². The van der Waals surface area contributed by atoms with Crippen molar-refractivity contribution in [2.45, 2.75) is 18.9 Å². The van der Waals surface area contributed by atoms with Gasteiger partial charge in [0.05, 0.1) is 12.0 Å². The minimum Gasteiger partial charge on any atom is -0.548 e. The Morgan fingerprint density at radius 1 is 1.07 bits per heavy atom. The van der Waals surface area contributed by atoms with Crippen molar-refractivity contribution in [1.29, 1.82) is 0 Å². The van der Waals surface area contributed by atoms with Crippen molar-refractivity contribution in [3.05, 3.63) is 70.9 Å². The lowest BCUT2D eigenvalue weighted by atomic mass is 10.0. The van der Waals surface area contributed by atoms with Crippen molar-refractivity contribution in [3.8, 4) is 0 Å². The minimum atomic E-state index is -1.37. The summed E-state index contributed by atoms with van der Waals surface area (Å²) in [5.41, 5.74) is 2.07. The van der Waals surface area contributed by atoms with Gasteiger partial charge in [-0.1, -0.05) is 29.8 Å². The van der Waals surface area contributed by atoms with Gasteiger partial charge in [-0.15, -0.1) is 0 Å². The van der Waals surface area contributed by atoms with Crippen LogP contribution in [0.3, 0.4) is 0 Å². The van der Waals surface area contributed by atoms with Crippen LogP contribution in [0.2, 0.25) is 5.02 Å². The summed E-state index contributed by atoms with van der Waals surface area (Å²) in [7, 11) is 0. The predicted molar refractivity (Wildman–Crippen MR) is 107 cm³/mol. The molecule has 0 aliphatic carbocycles. The van der Waals surface area contributed by atoms with E-state index in [-0.39, 0.29) is 25.3 Å². The Morgan fingerprint density at radius 3 is 2.52 bits per heavy atom. The third kappa shape index (κ3) is 5.36. The van der Waals surface area contributed by atoms with E-state index < -0.39 is 17.9 Å². The minimum absolute atomic E-state index is 0.0585. The van der Waals surface area contributed by atoms with Gasteiger partial charge in [-0.3, -0.25) is 9.59 Å². The van der Waals surface area contributed by atoms with E-state index in [2.05, 4.69) is 15.6 Å². The molecule has 1 atom stereocenters. The second kappa shape index (κ2) is 9.25. The number of aromatic amines is 1. The number of carboxylic acids is 1. The summed E-state index contributed by atoms with van der Waals surface area (Å²) < 4.78 is 0. The fourth-order valence-electron chi connectivity index (χ4n) is 2.97. The van der Waals surface area contributed by atoms with Gasteiger partial charge in [0.1, 0.15) is 0 Å². The third-order valence-electron chi connectivity index (χ3n) is 4.46. The Kier molecular flexibility index (Phi) is 6.51. The van der Waals surface area contributed by atoms with Crippen molar-refractivity contribution >= 4 is 40.3 Å². The summed E-state index contributed by atoms with van der Waals surface area (Å²) in [5.74, 6) is -2.20. The molecular formula is C21H19ClN3O4-. The largest absolute Gasteiger partial charge is 0.548 e. The number of rotatable bonds is 8. The molecule has 1 aromatic heterocycles. The van der Waals surface area contributed by atoms with Gasteiger partial charge in [0.2, 0.25) is 5.91 Å². The molecule has 8 heteroatoms. The summed E-state index contributed by atoms with van der Waals surface area (Å²) >= 11 is 5.78. The number of fused-ring (bicyclic) bond motifs is 1. The highest BCUT2D eigenvalue weighted by atomic mass is 35.5. The highest BCUT2D eigenvalue weighted by Crippen LogP contribution is 2.19. The fraction of sp³-hybridized carbons (Fsp3) is 0.190. The monoisotopic (exact) mass is 412 g/mol. The normalized spacial score (nSPS) is 11.8. The summed E-state index contributed by atoms with van der Waals surface area (Å²) in [5, 5.41) is 18.0. The van der Waals surface area contributed by atoms with Crippen molar-refractivity contribution in [3.63, 3.8) is 0 Å². The number of nitrogens with one attached hydrogen (secondary N) is 3. The maximum Gasteiger partial charge on any atom is 0.251 e. The second-order valence-electron chi connectivity index (χ2n) is 6.52. The van der Waals surface area contributed by atoms with Crippen LogP contribution < -0.4 is 15.7 Å². The third-order valence-corrected chi connectivity index (χ3v) is 4.71. The first-order valence-corrected chi connectivity index (χ1v) is 9.41. The zero-order chi connectivity index (χ0) is 20.8. The number of aromatic nitrogens is 1. The number of H-pyrrole nitrogens is 1. The fourth-order valence-corrected chi connectivity index (χ4v) is 3.10. The van der Waals surface area contributed by atoms with Crippen LogP contribution in [-0.2, 0) is 16.0 Å². The number of carbonyl (C=O) groups excluding carboxylic acids is 3. The lowest BCUT2D eigenvalue weighted by Gasteiger charge is -2.19. The molecule has 29 heavy (non-hydrogen) atoms. The van der Waals surface area contributed by atoms with Gasteiger partial charge in [0, 0.05) is 47.1 Å². The molecule has 0 unspecified atom stereocenters. The number of hydrogen-bond donors (Lipinski definition) is 3. The predicted octanol–water partition coefficient (Wildman–Crippen LogP) is 1.42. The number of amides is 2. The van der Waals surface area contributed by atoms with Crippen LogP contribution in [-0.4, -0.2) is 35.4 Å². The second-order valence-corrected chi connectivity index (χ2v) is 6.95. The molecule has 3 N–H and O–H groups in total. The lowest BCUT2D eigenvalue weighted by Crippen LogP contribution is -2.49. The lowest BCUT2D eigenvalue weighted by molar-refractivity contribution is -0.308. The molecular weight excluding hydrogens is 394 g/mol. The maximum absolute atomic E-state index is 12.1. The molecule has 0 aliphatic rings. The van der Waals surface area contributed by atoms with Crippen LogP contribution in [0, 0.1) is 0 Å². The zero-order valence-corrected chi connectivity index (χ0v) is 16.2. The molecule has 0 fully saturated rings. The molecule has 0 saturated carbocycles. The maximum atomic E-state index is 12.1. The Hall–Kier alpha value is -3.32. The first kappa shape index (κ1) is 20.4. The van der Waals surface area contributed by atoms with Gasteiger partial charge in [0.15, 0.2) is 0 Å². The Balaban J connectivity index is 1.52. The number of carboxylic acid groups (broad SMARTS) is 1. The SMILES string of the molecule is O=C(CCNC(=O)c1ccc(Cl)cc1)N[C@@H](Cc1c[nH]c2ccccc12)C(=O)[O-].